The first kappa shape index (κ1) is 14.4. The van der Waals surface area contributed by atoms with E-state index in [1.54, 1.807) is 0 Å². The van der Waals surface area contributed by atoms with E-state index >= 15 is 0 Å². The standard InChI is InChI=1S/C14H24N2S2/c1-3-15-10-13-4-5-14(18-13)11-16-8-6-12(17-2)7-9-16/h4-5,12,15H,3,6-11H2,1-2H3. The SMILES string of the molecule is CCNCc1ccc(CN2CCC(SC)CC2)s1. The minimum atomic E-state index is 0.897. The van der Waals surface area contributed by atoms with Gasteiger partial charge in [-0.2, -0.15) is 11.8 Å². The van der Waals surface area contributed by atoms with Crippen molar-refractivity contribution in [2.24, 2.45) is 0 Å². The molecule has 1 aliphatic heterocycles. The van der Waals surface area contributed by atoms with Gasteiger partial charge in [0.25, 0.3) is 0 Å². The molecule has 0 bridgehead atoms. The van der Waals surface area contributed by atoms with E-state index in [1.807, 2.05) is 23.1 Å². The average Bonchev–Trinajstić information content (AvgIpc) is 2.85. The molecule has 1 aromatic rings. The van der Waals surface area contributed by atoms with E-state index in [1.165, 1.54) is 35.7 Å². The molecule has 0 radical (unpaired) electrons. The van der Waals surface area contributed by atoms with Gasteiger partial charge in [0.2, 0.25) is 0 Å². The molecule has 2 nitrogen and oxygen atoms in total. The van der Waals surface area contributed by atoms with Crippen molar-refractivity contribution in [3.8, 4) is 0 Å². The summed E-state index contributed by atoms with van der Waals surface area (Å²) in [6.07, 6.45) is 4.96. The molecule has 1 N–H and O–H groups in total. The lowest BCUT2D eigenvalue weighted by Crippen LogP contribution is -2.33. The highest BCUT2D eigenvalue weighted by Crippen LogP contribution is 2.24. The zero-order valence-electron chi connectivity index (χ0n) is 11.4. The molecule has 0 unspecified atom stereocenters. The Morgan fingerprint density at radius 1 is 1.33 bits per heavy atom. The fourth-order valence-electron chi connectivity index (χ4n) is 2.37. The van der Waals surface area contributed by atoms with Crippen molar-refractivity contribution in [1.29, 1.82) is 0 Å². The van der Waals surface area contributed by atoms with E-state index in [-0.39, 0.29) is 0 Å². The van der Waals surface area contributed by atoms with Crippen LogP contribution in [-0.2, 0) is 13.1 Å². The van der Waals surface area contributed by atoms with E-state index in [2.05, 4.69) is 35.5 Å². The first-order valence-corrected chi connectivity index (χ1v) is 8.95. The summed E-state index contributed by atoms with van der Waals surface area (Å²) >= 11 is 4.00. The molecule has 1 fully saturated rings. The normalized spacial score (nSPS) is 18.3. The summed E-state index contributed by atoms with van der Waals surface area (Å²) in [6.45, 7) is 7.92. The Morgan fingerprint density at radius 3 is 2.72 bits per heavy atom. The third-order valence-corrected chi connectivity index (χ3v) is 5.72. The number of rotatable bonds is 6. The summed E-state index contributed by atoms with van der Waals surface area (Å²) in [5.74, 6) is 0. The molecule has 2 heterocycles. The second-order valence-electron chi connectivity index (χ2n) is 4.86. The highest BCUT2D eigenvalue weighted by molar-refractivity contribution is 7.99. The first-order valence-electron chi connectivity index (χ1n) is 6.85. The fraction of sp³-hybridized carbons (Fsp3) is 0.714. The van der Waals surface area contributed by atoms with Crippen molar-refractivity contribution in [2.45, 2.75) is 38.1 Å². The number of piperidine rings is 1. The molecule has 18 heavy (non-hydrogen) atoms. The van der Waals surface area contributed by atoms with Crippen molar-refractivity contribution in [2.75, 3.05) is 25.9 Å². The number of nitrogens with zero attached hydrogens (tertiary/aromatic N) is 1. The van der Waals surface area contributed by atoms with Crippen molar-refractivity contribution in [3.63, 3.8) is 0 Å². The van der Waals surface area contributed by atoms with Gasteiger partial charge in [0.1, 0.15) is 0 Å². The third kappa shape index (κ3) is 4.26. The predicted octanol–water partition coefficient (Wildman–Crippen LogP) is 3.19. The van der Waals surface area contributed by atoms with Crippen molar-refractivity contribution >= 4 is 23.1 Å². The molecular formula is C14H24N2S2. The maximum Gasteiger partial charge on any atom is 0.0328 e. The molecule has 1 aliphatic rings. The van der Waals surface area contributed by atoms with Crippen LogP contribution in [0.4, 0.5) is 0 Å². The van der Waals surface area contributed by atoms with Gasteiger partial charge in [0.05, 0.1) is 0 Å². The third-order valence-electron chi connectivity index (χ3n) is 3.51. The number of hydrogen-bond donors (Lipinski definition) is 1. The molecule has 4 heteroatoms. The zero-order valence-corrected chi connectivity index (χ0v) is 13.1. The van der Waals surface area contributed by atoms with Gasteiger partial charge in [0, 0.05) is 28.1 Å². The molecule has 0 amide bonds. The van der Waals surface area contributed by atoms with E-state index in [0.717, 1.165) is 24.9 Å². The van der Waals surface area contributed by atoms with Crippen LogP contribution < -0.4 is 5.32 Å². The summed E-state index contributed by atoms with van der Waals surface area (Å²) in [6, 6.07) is 4.58. The molecular weight excluding hydrogens is 260 g/mol. The monoisotopic (exact) mass is 284 g/mol. The van der Waals surface area contributed by atoms with Crippen LogP contribution >= 0.6 is 23.1 Å². The number of likely N-dealkylation sites (tertiary alicyclic amines) is 1. The minimum absolute atomic E-state index is 0.897. The molecule has 0 aromatic carbocycles. The summed E-state index contributed by atoms with van der Waals surface area (Å²) in [5, 5.41) is 4.29. The fourth-order valence-corrected chi connectivity index (χ4v) is 4.09. The zero-order chi connectivity index (χ0) is 12.8. The van der Waals surface area contributed by atoms with Crippen molar-refractivity contribution < 1.29 is 0 Å². The lowest BCUT2D eigenvalue weighted by Gasteiger charge is -2.30. The maximum absolute atomic E-state index is 3.39. The Hall–Kier alpha value is -0.0300. The van der Waals surface area contributed by atoms with Gasteiger partial charge in [-0.05, 0) is 50.9 Å². The van der Waals surface area contributed by atoms with E-state index < -0.39 is 0 Å². The van der Waals surface area contributed by atoms with Crippen LogP contribution in [0.25, 0.3) is 0 Å². The summed E-state index contributed by atoms with van der Waals surface area (Å²) in [7, 11) is 0. The summed E-state index contributed by atoms with van der Waals surface area (Å²) in [4.78, 5) is 5.59. The summed E-state index contributed by atoms with van der Waals surface area (Å²) in [5.41, 5.74) is 0. The van der Waals surface area contributed by atoms with Crippen LogP contribution in [0.1, 0.15) is 29.5 Å². The number of thiophene rings is 1. The van der Waals surface area contributed by atoms with Gasteiger partial charge >= 0.3 is 0 Å². The number of thioether (sulfide) groups is 1. The van der Waals surface area contributed by atoms with Gasteiger partial charge < -0.3 is 5.32 Å². The van der Waals surface area contributed by atoms with E-state index in [4.69, 9.17) is 0 Å². The van der Waals surface area contributed by atoms with Crippen molar-refractivity contribution in [3.05, 3.63) is 21.9 Å². The molecule has 2 rings (SSSR count). The Balaban J connectivity index is 1.77. The molecule has 0 aliphatic carbocycles. The molecule has 102 valence electrons. The van der Waals surface area contributed by atoms with Crippen LogP contribution in [0.2, 0.25) is 0 Å². The smallest absolute Gasteiger partial charge is 0.0328 e. The predicted molar refractivity (Wildman–Crippen MR) is 83.5 cm³/mol. The average molecular weight is 284 g/mol. The van der Waals surface area contributed by atoms with E-state index in [9.17, 15) is 0 Å². The quantitative estimate of drug-likeness (QED) is 0.864. The first-order chi connectivity index (χ1) is 8.81. The summed E-state index contributed by atoms with van der Waals surface area (Å²) < 4.78 is 0. The van der Waals surface area contributed by atoms with E-state index in [0.29, 0.717) is 0 Å². The maximum atomic E-state index is 3.39. The molecule has 0 saturated carbocycles. The Morgan fingerprint density at radius 2 is 2.06 bits per heavy atom. The van der Waals surface area contributed by atoms with Crippen LogP contribution in [0, 0.1) is 0 Å². The molecule has 1 saturated heterocycles. The highest BCUT2D eigenvalue weighted by Gasteiger charge is 2.18. The molecule has 1 aromatic heterocycles. The van der Waals surface area contributed by atoms with Crippen LogP contribution in [0.15, 0.2) is 12.1 Å². The van der Waals surface area contributed by atoms with Crippen molar-refractivity contribution in [1.82, 2.24) is 10.2 Å². The van der Waals surface area contributed by atoms with Gasteiger partial charge in [-0.1, -0.05) is 6.92 Å². The Bertz CT molecular complexity index is 343. The lowest BCUT2D eigenvalue weighted by molar-refractivity contribution is 0.227. The van der Waals surface area contributed by atoms with Gasteiger partial charge in [0.15, 0.2) is 0 Å². The largest absolute Gasteiger partial charge is 0.312 e. The number of nitrogens with one attached hydrogen (secondary N) is 1. The van der Waals surface area contributed by atoms with Crippen LogP contribution in [0.3, 0.4) is 0 Å². The second-order valence-corrected chi connectivity index (χ2v) is 7.25. The lowest BCUT2D eigenvalue weighted by atomic mass is 10.1. The second kappa shape index (κ2) is 7.53. The van der Waals surface area contributed by atoms with Crippen LogP contribution in [0.5, 0.6) is 0 Å². The van der Waals surface area contributed by atoms with Gasteiger partial charge in [-0.25, -0.2) is 0 Å². The Kier molecular flexibility index (Phi) is 6.02. The molecule has 0 spiro atoms. The number of hydrogen-bond acceptors (Lipinski definition) is 4. The van der Waals surface area contributed by atoms with Gasteiger partial charge in [-0.15, -0.1) is 11.3 Å². The highest BCUT2D eigenvalue weighted by atomic mass is 32.2. The topological polar surface area (TPSA) is 15.3 Å². The minimum Gasteiger partial charge on any atom is -0.312 e. The molecule has 0 atom stereocenters. The van der Waals surface area contributed by atoms with Gasteiger partial charge in [-0.3, -0.25) is 4.90 Å². The Labute approximate surface area is 119 Å². The van der Waals surface area contributed by atoms with Crippen LogP contribution in [-0.4, -0.2) is 36.0 Å².